The maximum Gasteiger partial charge on any atom is 0.341 e. The molecule has 0 amide bonds. The average Bonchev–Trinajstić information content (AvgIpc) is 2.58. The summed E-state index contributed by atoms with van der Waals surface area (Å²) < 4.78 is 10.6. The first-order valence-corrected chi connectivity index (χ1v) is 8.15. The second-order valence-corrected chi connectivity index (χ2v) is 5.88. The molecule has 23 heavy (non-hydrogen) atoms. The summed E-state index contributed by atoms with van der Waals surface area (Å²) in [6.07, 6.45) is 1.51. The molecular formula is C16H16Cl2N2O3. The first-order valence-electron chi connectivity index (χ1n) is 7.40. The smallest absolute Gasteiger partial charge is 0.341 e. The van der Waals surface area contributed by atoms with Gasteiger partial charge in [0.05, 0.1) is 41.1 Å². The van der Waals surface area contributed by atoms with E-state index >= 15 is 0 Å². The SMILES string of the molecule is CCOC(=O)c1cnc2c(Cl)c(Cl)ccc2c1N1CCOCC1. The number of carbonyl (C=O) groups is 1. The number of halogens is 2. The van der Waals surface area contributed by atoms with Crippen LogP contribution in [0.2, 0.25) is 10.0 Å². The lowest BCUT2D eigenvalue weighted by atomic mass is 10.1. The summed E-state index contributed by atoms with van der Waals surface area (Å²) in [6, 6.07) is 3.55. The number of esters is 1. The molecule has 0 N–H and O–H groups in total. The van der Waals surface area contributed by atoms with E-state index in [1.165, 1.54) is 6.20 Å². The predicted octanol–water partition coefficient (Wildman–Crippen LogP) is 3.55. The average molecular weight is 355 g/mol. The summed E-state index contributed by atoms with van der Waals surface area (Å²) in [5.41, 5.74) is 1.78. The summed E-state index contributed by atoms with van der Waals surface area (Å²) in [5.74, 6) is -0.394. The van der Waals surface area contributed by atoms with Crippen LogP contribution in [-0.2, 0) is 9.47 Å². The zero-order valence-electron chi connectivity index (χ0n) is 12.6. The molecule has 2 aromatic rings. The predicted molar refractivity (Wildman–Crippen MR) is 90.8 cm³/mol. The number of aromatic nitrogens is 1. The lowest BCUT2D eigenvalue weighted by molar-refractivity contribution is 0.0526. The van der Waals surface area contributed by atoms with E-state index in [9.17, 15) is 4.79 Å². The monoisotopic (exact) mass is 354 g/mol. The topological polar surface area (TPSA) is 51.7 Å². The summed E-state index contributed by atoms with van der Waals surface area (Å²) in [4.78, 5) is 18.8. The molecule has 0 atom stereocenters. The minimum Gasteiger partial charge on any atom is -0.462 e. The normalized spacial score (nSPS) is 15.0. The largest absolute Gasteiger partial charge is 0.462 e. The van der Waals surface area contributed by atoms with Crippen LogP contribution in [0.3, 0.4) is 0 Å². The molecule has 2 heterocycles. The summed E-state index contributed by atoms with van der Waals surface area (Å²) in [7, 11) is 0. The van der Waals surface area contributed by atoms with Gasteiger partial charge < -0.3 is 14.4 Å². The number of ether oxygens (including phenoxy) is 2. The summed E-state index contributed by atoms with van der Waals surface area (Å²) in [5, 5.41) is 1.60. The molecule has 1 aromatic carbocycles. The number of hydrogen-bond donors (Lipinski definition) is 0. The van der Waals surface area contributed by atoms with Crippen molar-refractivity contribution in [2.45, 2.75) is 6.92 Å². The lowest BCUT2D eigenvalue weighted by Gasteiger charge is -2.31. The van der Waals surface area contributed by atoms with Crippen molar-refractivity contribution in [2.75, 3.05) is 37.8 Å². The minimum absolute atomic E-state index is 0.306. The van der Waals surface area contributed by atoms with E-state index in [-0.39, 0.29) is 0 Å². The van der Waals surface area contributed by atoms with Crippen LogP contribution in [0.4, 0.5) is 5.69 Å². The van der Waals surface area contributed by atoms with Crippen LogP contribution in [0, 0.1) is 0 Å². The highest BCUT2D eigenvalue weighted by Gasteiger charge is 2.24. The molecule has 0 spiro atoms. The quantitative estimate of drug-likeness (QED) is 0.788. The molecule has 122 valence electrons. The highest BCUT2D eigenvalue weighted by atomic mass is 35.5. The van der Waals surface area contributed by atoms with E-state index in [2.05, 4.69) is 9.88 Å². The van der Waals surface area contributed by atoms with Gasteiger partial charge >= 0.3 is 5.97 Å². The van der Waals surface area contributed by atoms with Crippen LogP contribution in [0.1, 0.15) is 17.3 Å². The maximum absolute atomic E-state index is 12.3. The first-order chi connectivity index (χ1) is 11.1. The van der Waals surface area contributed by atoms with Crippen molar-refractivity contribution in [1.82, 2.24) is 4.98 Å². The van der Waals surface area contributed by atoms with Gasteiger partial charge in [-0.05, 0) is 19.1 Å². The molecule has 0 unspecified atom stereocenters. The standard InChI is InChI=1S/C16H16Cl2N2O3/c1-2-23-16(21)11-9-19-14-10(3-4-12(17)13(14)18)15(11)20-5-7-22-8-6-20/h3-4,9H,2,5-8H2,1H3. The van der Waals surface area contributed by atoms with Crippen molar-refractivity contribution in [3.8, 4) is 0 Å². The van der Waals surface area contributed by atoms with Gasteiger partial charge in [0.15, 0.2) is 0 Å². The number of pyridine rings is 1. The molecule has 3 rings (SSSR count). The van der Waals surface area contributed by atoms with Gasteiger partial charge in [-0.2, -0.15) is 0 Å². The number of rotatable bonds is 3. The van der Waals surface area contributed by atoms with Gasteiger partial charge in [0.25, 0.3) is 0 Å². The number of hydrogen-bond acceptors (Lipinski definition) is 5. The number of anilines is 1. The van der Waals surface area contributed by atoms with E-state index in [0.717, 1.165) is 11.1 Å². The van der Waals surface area contributed by atoms with Crippen LogP contribution in [0.15, 0.2) is 18.3 Å². The van der Waals surface area contributed by atoms with E-state index in [1.54, 1.807) is 13.0 Å². The molecule has 1 saturated heterocycles. The number of morpholine rings is 1. The van der Waals surface area contributed by atoms with Crippen LogP contribution in [0.25, 0.3) is 10.9 Å². The van der Waals surface area contributed by atoms with E-state index < -0.39 is 5.97 Å². The van der Waals surface area contributed by atoms with Crippen LogP contribution < -0.4 is 4.90 Å². The fourth-order valence-electron chi connectivity index (χ4n) is 2.68. The Morgan fingerprint density at radius 1 is 1.35 bits per heavy atom. The van der Waals surface area contributed by atoms with Crippen molar-refractivity contribution in [2.24, 2.45) is 0 Å². The Bertz CT molecular complexity index is 746. The lowest BCUT2D eigenvalue weighted by Crippen LogP contribution is -2.37. The molecular weight excluding hydrogens is 339 g/mol. The van der Waals surface area contributed by atoms with Gasteiger partial charge in [0.2, 0.25) is 0 Å². The zero-order chi connectivity index (χ0) is 16.4. The minimum atomic E-state index is -0.394. The number of fused-ring (bicyclic) bond motifs is 1. The van der Waals surface area contributed by atoms with Gasteiger partial charge in [-0.15, -0.1) is 0 Å². The molecule has 0 bridgehead atoms. The van der Waals surface area contributed by atoms with Crippen LogP contribution >= 0.6 is 23.2 Å². The molecule has 0 radical (unpaired) electrons. The van der Waals surface area contributed by atoms with E-state index in [4.69, 9.17) is 32.7 Å². The number of carbonyl (C=O) groups excluding carboxylic acids is 1. The molecule has 1 aromatic heterocycles. The molecule has 7 heteroatoms. The highest BCUT2D eigenvalue weighted by Crippen LogP contribution is 2.37. The fraction of sp³-hybridized carbons (Fsp3) is 0.375. The Morgan fingerprint density at radius 3 is 2.78 bits per heavy atom. The Balaban J connectivity index is 2.22. The molecule has 0 saturated carbocycles. The van der Waals surface area contributed by atoms with Crippen molar-refractivity contribution in [3.05, 3.63) is 33.9 Å². The van der Waals surface area contributed by atoms with Gasteiger partial charge in [-0.3, -0.25) is 4.98 Å². The van der Waals surface area contributed by atoms with Crippen LogP contribution in [-0.4, -0.2) is 43.9 Å². The Kier molecular flexibility index (Phi) is 4.90. The molecule has 1 aliphatic rings. The van der Waals surface area contributed by atoms with Gasteiger partial charge in [0.1, 0.15) is 5.56 Å². The number of nitrogens with zero attached hydrogens (tertiary/aromatic N) is 2. The molecule has 1 fully saturated rings. The second kappa shape index (κ2) is 6.91. The van der Waals surface area contributed by atoms with Crippen molar-refractivity contribution in [1.29, 1.82) is 0 Å². The highest BCUT2D eigenvalue weighted by molar-refractivity contribution is 6.45. The maximum atomic E-state index is 12.3. The Labute approximate surface area is 144 Å². The molecule has 1 aliphatic heterocycles. The third kappa shape index (κ3) is 3.09. The zero-order valence-corrected chi connectivity index (χ0v) is 14.2. The van der Waals surface area contributed by atoms with Gasteiger partial charge in [-0.1, -0.05) is 23.2 Å². The summed E-state index contributed by atoms with van der Waals surface area (Å²) in [6.45, 7) is 4.66. The number of benzene rings is 1. The third-order valence-electron chi connectivity index (χ3n) is 3.72. The third-order valence-corrected chi connectivity index (χ3v) is 4.52. The molecule has 0 aliphatic carbocycles. The van der Waals surface area contributed by atoms with Gasteiger partial charge in [0, 0.05) is 24.7 Å². The second-order valence-electron chi connectivity index (χ2n) is 5.10. The fourth-order valence-corrected chi connectivity index (χ4v) is 3.04. The van der Waals surface area contributed by atoms with Gasteiger partial charge in [-0.25, -0.2) is 4.79 Å². The van der Waals surface area contributed by atoms with E-state index in [1.807, 2.05) is 6.07 Å². The summed E-state index contributed by atoms with van der Waals surface area (Å²) >= 11 is 12.4. The van der Waals surface area contributed by atoms with Crippen LogP contribution in [0.5, 0.6) is 0 Å². The van der Waals surface area contributed by atoms with E-state index in [0.29, 0.717) is 54.0 Å². The Hall–Kier alpha value is -1.56. The first kappa shape index (κ1) is 16.3. The van der Waals surface area contributed by atoms with Crippen molar-refractivity contribution in [3.63, 3.8) is 0 Å². The van der Waals surface area contributed by atoms with Crippen molar-refractivity contribution < 1.29 is 14.3 Å². The molecule has 5 nitrogen and oxygen atoms in total. The van der Waals surface area contributed by atoms with Crippen molar-refractivity contribution >= 4 is 45.8 Å². The Morgan fingerprint density at radius 2 is 2.09 bits per heavy atom.